The molecular weight excluding hydrogens is 315 g/mol. The van der Waals surface area contributed by atoms with Crippen LogP contribution in [0.3, 0.4) is 0 Å². The number of hydrogen-bond donors (Lipinski definition) is 0. The Morgan fingerprint density at radius 3 is 2.26 bits per heavy atom. The van der Waals surface area contributed by atoms with Crippen molar-refractivity contribution in [2.24, 2.45) is 0 Å². The van der Waals surface area contributed by atoms with Crippen molar-refractivity contribution < 1.29 is 32.5 Å². The fraction of sp³-hybridized carbons (Fsp3) is 0.200. The molecule has 8 heteroatoms. The van der Waals surface area contributed by atoms with Gasteiger partial charge in [0.05, 0.1) is 5.56 Å². The molecule has 23 heavy (non-hydrogen) atoms. The number of ether oxygens (including phenoxy) is 1. The molecule has 0 bridgehead atoms. The van der Waals surface area contributed by atoms with Gasteiger partial charge in [-0.25, -0.2) is 9.78 Å². The molecule has 0 atom stereocenters. The highest BCUT2D eigenvalue weighted by atomic mass is 19.4. The van der Waals surface area contributed by atoms with Gasteiger partial charge in [-0.2, -0.15) is 13.2 Å². The third kappa shape index (κ3) is 4.87. The zero-order valence-electron chi connectivity index (χ0n) is 12.0. The molecule has 0 N–H and O–H groups in total. The van der Waals surface area contributed by atoms with E-state index in [1.807, 2.05) is 0 Å². The second-order valence-electron chi connectivity index (χ2n) is 4.35. The molecule has 0 saturated heterocycles. The Balaban J connectivity index is 1.96. The van der Waals surface area contributed by atoms with Crippen molar-refractivity contribution in [3.05, 3.63) is 48.2 Å². The molecule has 5 nitrogen and oxygen atoms in total. The molecular formula is C15H12F3NO4. The summed E-state index contributed by atoms with van der Waals surface area (Å²) in [6.45, 7) is 1.62. The summed E-state index contributed by atoms with van der Waals surface area (Å²) in [5.74, 6) is 0.120. The van der Waals surface area contributed by atoms with E-state index in [1.54, 1.807) is 6.92 Å². The fourth-order valence-corrected chi connectivity index (χ4v) is 1.45. The average molecular weight is 327 g/mol. The lowest BCUT2D eigenvalue weighted by Gasteiger charge is -2.08. The highest BCUT2D eigenvalue weighted by Crippen LogP contribution is 2.30. The Hall–Kier alpha value is -2.77. The van der Waals surface area contributed by atoms with Gasteiger partial charge >= 0.3 is 12.1 Å². The molecule has 0 saturated carbocycles. The fourth-order valence-electron chi connectivity index (χ4n) is 1.45. The van der Waals surface area contributed by atoms with Crippen LogP contribution in [0.25, 0.3) is 0 Å². The lowest BCUT2D eigenvalue weighted by molar-refractivity contribution is -0.213. The molecule has 0 aliphatic carbocycles. The minimum absolute atomic E-state index is 0.0177. The number of rotatable bonds is 5. The van der Waals surface area contributed by atoms with Crippen molar-refractivity contribution in [1.29, 1.82) is 0 Å². The summed E-state index contributed by atoms with van der Waals surface area (Å²) in [7, 11) is 0. The topological polar surface area (TPSA) is 57.7 Å². The zero-order valence-corrected chi connectivity index (χ0v) is 12.0. The number of carbonyl (C=O) groups is 1. The number of benzene rings is 1. The molecule has 1 heterocycles. The van der Waals surface area contributed by atoms with E-state index in [2.05, 4.69) is 9.87 Å². The Morgan fingerprint density at radius 1 is 1.09 bits per heavy atom. The molecule has 0 aliphatic heterocycles. The number of aromatic nitrogens is 1. The first-order chi connectivity index (χ1) is 10.9. The number of alkyl halides is 3. The molecule has 0 spiro atoms. The first kappa shape index (κ1) is 16.6. The summed E-state index contributed by atoms with van der Waals surface area (Å²) < 4.78 is 42.6. The van der Waals surface area contributed by atoms with Crippen molar-refractivity contribution >= 4 is 5.97 Å². The number of halogens is 3. The summed E-state index contributed by atoms with van der Waals surface area (Å²) in [6, 6.07) is 7.94. The van der Waals surface area contributed by atoms with Crippen LogP contribution in [0.2, 0.25) is 0 Å². The molecule has 0 fully saturated rings. The van der Waals surface area contributed by atoms with Crippen molar-refractivity contribution in [3.8, 4) is 17.4 Å². The highest BCUT2D eigenvalue weighted by Gasteiger charge is 2.30. The van der Waals surface area contributed by atoms with Gasteiger partial charge in [0.25, 0.3) is 0 Å². The average Bonchev–Trinajstić information content (AvgIpc) is 2.53. The SMILES string of the molecule is CCC(=O)OOc1ccc(Oc2ccc(C(F)(F)F)cn2)cc1. The van der Waals surface area contributed by atoms with E-state index in [-0.39, 0.29) is 18.1 Å². The maximum atomic E-state index is 12.4. The van der Waals surface area contributed by atoms with Gasteiger partial charge in [0, 0.05) is 18.7 Å². The van der Waals surface area contributed by atoms with Crippen molar-refractivity contribution in [1.82, 2.24) is 4.98 Å². The Labute approximate surface area is 129 Å². The molecule has 1 aromatic heterocycles. The standard InChI is InChI=1S/C15H12F3NO4/c1-2-14(20)23-22-12-6-4-11(5-7-12)21-13-8-3-10(9-19-13)15(16,17)18/h3-9H,2H2,1H3. The van der Waals surface area contributed by atoms with Gasteiger partial charge < -0.3 is 4.74 Å². The monoisotopic (exact) mass is 327 g/mol. The predicted molar refractivity (Wildman–Crippen MR) is 72.8 cm³/mol. The largest absolute Gasteiger partial charge is 0.439 e. The lowest BCUT2D eigenvalue weighted by atomic mass is 10.3. The number of carbonyl (C=O) groups excluding carboxylic acids is 1. The molecule has 0 radical (unpaired) electrons. The smallest absolute Gasteiger partial charge is 0.417 e. The van der Waals surface area contributed by atoms with Crippen LogP contribution in [0, 0.1) is 0 Å². The van der Waals surface area contributed by atoms with Crippen LogP contribution in [0.1, 0.15) is 18.9 Å². The molecule has 122 valence electrons. The minimum atomic E-state index is -4.44. The van der Waals surface area contributed by atoms with Crippen molar-refractivity contribution in [2.45, 2.75) is 19.5 Å². The van der Waals surface area contributed by atoms with Crippen LogP contribution in [-0.2, 0) is 15.9 Å². The molecule has 1 aromatic carbocycles. The van der Waals surface area contributed by atoms with Crippen LogP contribution in [0.4, 0.5) is 13.2 Å². The number of hydrogen-bond acceptors (Lipinski definition) is 5. The summed E-state index contributed by atoms with van der Waals surface area (Å²) in [5, 5.41) is 0. The minimum Gasteiger partial charge on any atom is -0.439 e. The van der Waals surface area contributed by atoms with E-state index >= 15 is 0 Å². The van der Waals surface area contributed by atoms with Crippen LogP contribution >= 0.6 is 0 Å². The Morgan fingerprint density at radius 2 is 1.74 bits per heavy atom. The van der Waals surface area contributed by atoms with E-state index < -0.39 is 17.7 Å². The number of pyridine rings is 1. The quantitative estimate of drug-likeness (QED) is 0.610. The summed E-state index contributed by atoms with van der Waals surface area (Å²) in [5.41, 5.74) is -0.855. The van der Waals surface area contributed by atoms with Crippen LogP contribution in [-0.4, -0.2) is 11.0 Å². The Kier molecular flexibility index (Phi) is 5.05. The van der Waals surface area contributed by atoms with Crippen molar-refractivity contribution in [3.63, 3.8) is 0 Å². The molecule has 0 unspecified atom stereocenters. The summed E-state index contributed by atoms with van der Waals surface area (Å²) >= 11 is 0. The van der Waals surface area contributed by atoms with Crippen LogP contribution in [0.15, 0.2) is 42.6 Å². The maximum Gasteiger partial charge on any atom is 0.417 e. The second kappa shape index (κ2) is 6.99. The van der Waals surface area contributed by atoms with Gasteiger partial charge in [-0.15, -0.1) is 0 Å². The van der Waals surface area contributed by atoms with Crippen molar-refractivity contribution in [2.75, 3.05) is 0 Å². The van der Waals surface area contributed by atoms with E-state index in [0.717, 1.165) is 12.1 Å². The van der Waals surface area contributed by atoms with E-state index in [1.165, 1.54) is 24.3 Å². The third-order valence-corrected chi connectivity index (χ3v) is 2.63. The Bertz CT molecular complexity index is 654. The first-order valence-corrected chi connectivity index (χ1v) is 6.57. The van der Waals surface area contributed by atoms with Gasteiger partial charge in [0.2, 0.25) is 5.88 Å². The van der Waals surface area contributed by atoms with Gasteiger partial charge in [0.1, 0.15) is 5.75 Å². The first-order valence-electron chi connectivity index (χ1n) is 6.57. The maximum absolute atomic E-state index is 12.4. The van der Waals surface area contributed by atoms with E-state index in [4.69, 9.17) is 9.62 Å². The summed E-state index contributed by atoms with van der Waals surface area (Å²) in [4.78, 5) is 23.8. The molecule has 0 aliphatic rings. The van der Waals surface area contributed by atoms with Crippen LogP contribution in [0.5, 0.6) is 17.4 Å². The molecule has 0 amide bonds. The van der Waals surface area contributed by atoms with Gasteiger partial charge in [-0.3, -0.25) is 9.78 Å². The second-order valence-corrected chi connectivity index (χ2v) is 4.35. The summed E-state index contributed by atoms with van der Waals surface area (Å²) in [6.07, 6.45) is -3.57. The predicted octanol–water partition coefficient (Wildman–Crippen LogP) is 4.14. The molecule has 2 rings (SSSR count). The zero-order chi connectivity index (χ0) is 16.9. The van der Waals surface area contributed by atoms with Gasteiger partial charge in [0.15, 0.2) is 5.75 Å². The lowest BCUT2D eigenvalue weighted by Crippen LogP contribution is -2.06. The van der Waals surface area contributed by atoms with Crippen LogP contribution < -0.4 is 9.62 Å². The van der Waals surface area contributed by atoms with E-state index in [9.17, 15) is 18.0 Å². The molecule has 2 aromatic rings. The van der Waals surface area contributed by atoms with Gasteiger partial charge in [-0.05, 0) is 30.3 Å². The number of nitrogens with zero attached hydrogens (tertiary/aromatic N) is 1. The van der Waals surface area contributed by atoms with E-state index in [0.29, 0.717) is 11.9 Å². The highest BCUT2D eigenvalue weighted by molar-refractivity contribution is 5.68. The normalized spacial score (nSPS) is 11.0. The van der Waals surface area contributed by atoms with Gasteiger partial charge in [-0.1, -0.05) is 6.92 Å². The third-order valence-electron chi connectivity index (χ3n) is 2.63.